The number of likely N-dealkylation sites (tertiary alicyclic amines) is 1. The summed E-state index contributed by atoms with van der Waals surface area (Å²) in [5.41, 5.74) is 3.64. The first-order valence-corrected chi connectivity index (χ1v) is 10.8. The molecule has 3 heterocycles. The number of aromatic nitrogens is 2. The maximum absolute atomic E-state index is 13.2. The van der Waals surface area contributed by atoms with Crippen LogP contribution in [-0.4, -0.2) is 39.4 Å². The Hall–Kier alpha value is -2.63. The van der Waals surface area contributed by atoms with Crippen molar-refractivity contribution in [3.63, 3.8) is 0 Å². The van der Waals surface area contributed by atoms with Gasteiger partial charge in [-0.3, -0.25) is 9.59 Å². The van der Waals surface area contributed by atoms with Gasteiger partial charge in [-0.2, -0.15) is 0 Å². The van der Waals surface area contributed by atoms with E-state index < -0.39 is 0 Å². The van der Waals surface area contributed by atoms with Gasteiger partial charge in [-0.25, -0.2) is 4.98 Å². The number of piperidine rings is 1. The molecule has 6 heteroatoms. The predicted octanol–water partition coefficient (Wildman–Crippen LogP) is 3.33. The van der Waals surface area contributed by atoms with Gasteiger partial charge in [0.25, 0.3) is 11.8 Å². The van der Waals surface area contributed by atoms with Gasteiger partial charge in [0.05, 0.1) is 5.69 Å². The monoisotopic (exact) mass is 394 g/mol. The molecule has 1 N–H and O–H groups in total. The first-order valence-electron chi connectivity index (χ1n) is 10.8. The molecule has 0 bridgehead atoms. The van der Waals surface area contributed by atoms with Gasteiger partial charge in [-0.05, 0) is 50.5 Å². The minimum Gasteiger partial charge on any atom is -0.345 e. The number of hydrogen-bond donors (Lipinski definition) is 1. The largest absolute Gasteiger partial charge is 0.345 e. The number of fused-ring (bicyclic) bond motifs is 1. The summed E-state index contributed by atoms with van der Waals surface area (Å²) in [5, 5.41) is 2.98. The molecule has 1 aromatic heterocycles. The summed E-state index contributed by atoms with van der Waals surface area (Å²) in [6.45, 7) is 6.99. The molecule has 2 aromatic rings. The van der Waals surface area contributed by atoms with E-state index in [9.17, 15) is 9.59 Å². The smallest absolute Gasteiger partial charge is 0.287 e. The topological polar surface area (TPSA) is 67.2 Å². The Labute approximate surface area is 172 Å². The highest BCUT2D eigenvalue weighted by molar-refractivity contribution is 5.97. The van der Waals surface area contributed by atoms with E-state index in [-0.39, 0.29) is 11.8 Å². The first-order chi connectivity index (χ1) is 14.0. The highest BCUT2D eigenvalue weighted by Crippen LogP contribution is 2.24. The molecule has 1 fully saturated rings. The Morgan fingerprint density at radius 1 is 1.21 bits per heavy atom. The van der Waals surface area contributed by atoms with Gasteiger partial charge in [0.15, 0.2) is 5.82 Å². The molecular weight excluding hydrogens is 364 g/mol. The zero-order valence-electron chi connectivity index (χ0n) is 17.4. The van der Waals surface area contributed by atoms with E-state index in [0.717, 1.165) is 63.0 Å². The van der Waals surface area contributed by atoms with E-state index >= 15 is 0 Å². The SMILES string of the molecule is Cc1cccc(CNC(=O)c2nc(C(=O)N3CCCC(C)C3)c3n2CCCC3)c1. The van der Waals surface area contributed by atoms with Gasteiger partial charge >= 0.3 is 0 Å². The summed E-state index contributed by atoms with van der Waals surface area (Å²) in [4.78, 5) is 32.6. The zero-order chi connectivity index (χ0) is 20.4. The number of imidazole rings is 1. The molecule has 0 saturated carbocycles. The van der Waals surface area contributed by atoms with Crippen LogP contribution in [0.3, 0.4) is 0 Å². The van der Waals surface area contributed by atoms with Gasteiger partial charge < -0.3 is 14.8 Å². The number of benzene rings is 1. The minimum absolute atomic E-state index is 0.0139. The van der Waals surface area contributed by atoms with Gasteiger partial charge in [-0.15, -0.1) is 0 Å². The summed E-state index contributed by atoms with van der Waals surface area (Å²) in [6.07, 6.45) is 5.05. The molecule has 1 saturated heterocycles. The standard InChI is InChI=1S/C23H30N4O2/c1-16-7-5-9-18(13-16)14-24-22(28)21-25-20(19-10-3-4-12-27(19)21)23(29)26-11-6-8-17(2)15-26/h5,7,9,13,17H,3-4,6,8,10-12,14-15H2,1-2H3,(H,24,28). The van der Waals surface area contributed by atoms with Crippen LogP contribution < -0.4 is 5.32 Å². The van der Waals surface area contributed by atoms with Crippen molar-refractivity contribution >= 4 is 11.8 Å². The van der Waals surface area contributed by atoms with Gasteiger partial charge in [-0.1, -0.05) is 36.8 Å². The summed E-state index contributed by atoms with van der Waals surface area (Å²) in [5.74, 6) is 0.671. The maximum Gasteiger partial charge on any atom is 0.287 e. The van der Waals surface area contributed by atoms with Crippen LogP contribution in [-0.2, 0) is 19.5 Å². The summed E-state index contributed by atoms with van der Waals surface area (Å²) < 4.78 is 1.97. The predicted molar refractivity (Wildman–Crippen MR) is 112 cm³/mol. The quantitative estimate of drug-likeness (QED) is 0.865. The van der Waals surface area contributed by atoms with Gasteiger partial charge in [0.1, 0.15) is 5.69 Å². The molecule has 1 aromatic carbocycles. The maximum atomic E-state index is 13.2. The first kappa shape index (κ1) is 19.7. The number of aryl methyl sites for hydroxylation is 1. The highest BCUT2D eigenvalue weighted by atomic mass is 16.2. The molecule has 6 nitrogen and oxygen atoms in total. The Kier molecular flexibility index (Phi) is 5.69. The number of rotatable bonds is 4. The van der Waals surface area contributed by atoms with Crippen LogP contribution in [0, 0.1) is 12.8 Å². The van der Waals surface area contributed by atoms with E-state index in [4.69, 9.17) is 0 Å². The van der Waals surface area contributed by atoms with Gasteiger partial charge in [0, 0.05) is 26.2 Å². The van der Waals surface area contributed by atoms with E-state index in [1.165, 1.54) is 5.56 Å². The van der Waals surface area contributed by atoms with Crippen molar-refractivity contribution in [1.29, 1.82) is 0 Å². The summed E-state index contributed by atoms with van der Waals surface area (Å²) in [6, 6.07) is 8.09. The van der Waals surface area contributed by atoms with Crippen LogP contribution in [0.2, 0.25) is 0 Å². The Morgan fingerprint density at radius 3 is 2.86 bits per heavy atom. The number of carbonyl (C=O) groups excluding carboxylic acids is 2. The average Bonchev–Trinajstić information content (AvgIpc) is 3.11. The van der Waals surface area contributed by atoms with E-state index in [1.54, 1.807) is 0 Å². The summed E-state index contributed by atoms with van der Waals surface area (Å²) in [7, 11) is 0. The number of nitrogens with zero attached hydrogens (tertiary/aromatic N) is 3. The van der Waals surface area contributed by atoms with Crippen molar-refractivity contribution in [2.75, 3.05) is 13.1 Å². The molecule has 4 rings (SSSR count). The van der Waals surface area contributed by atoms with Crippen LogP contribution >= 0.6 is 0 Å². The lowest BCUT2D eigenvalue weighted by molar-refractivity contribution is 0.0676. The fourth-order valence-corrected chi connectivity index (χ4v) is 4.49. The Bertz CT molecular complexity index is 918. The second kappa shape index (κ2) is 8.39. The molecule has 1 atom stereocenters. The second-order valence-corrected chi connectivity index (χ2v) is 8.51. The Balaban J connectivity index is 1.55. The molecule has 2 aliphatic heterocycles. The normalized spacial score (nSPS) is 19.0. The lowest BCUT2D eigenvalue weighted by Crippen LogP contribution is -2.39. The minimum atomic E-state index is -0.208. The molecular formula is C23H30N4O2. The number of nitrogens with one attached hydrogen (secondary N) is 1. The molecule has 1 unspecified atom stereocenters. The van der Waals surface area contributed by atoms with Crippen LogP contribution in [0.1, 0.15) is 70.5 Å². The number of carbonyl (C=O) groups is 2. The third-order valence-electron chi connectivity index (χ3n) is 6.00. The van der Waals surface area contributed by atoms with Crippen LogP contribution in [0.15, 0.2) is 24.3 Å². The average molecular weight is 395 g/mol. The van der Waals surface area contributed by atoms with Crippen molar-refractivity contribution in [1.82, 2.24) is 19.8 Å². The number of amides is 2. The lowest BCUT2D eigenvalue weighted by atomic mass is 9.99. The molecule has 2 aliphatic rings. The van der Waals surface area contributed by atoms with E-state index in [1.807, 2.05) is 34.6 Å². The van der Waals surface area contributed by atoms with Crippen LogP contribution in [0.5, 0.6) is 0 Å². The Morgan fingerprint density at radius 2 is 2.07 bits per heavy atom. The third-order valence-corrected chi connectivity index (χ3v) is 6.00. The fraction of sp³-hybridized carbons (Fsp3) is 0.522. The van der Waals surface area contributed by atoms with E-state index in [2.05, 4.69) is 23.3 Å². The second-order valence-electron chi connectivity index (χ2n) is 8.51. The zero-order valence-corrected chi connectivity index (χ0v) is 17.4. The van der Waals surface area contributed by atoms with E-state index in [0.29, 0.717) is 24.0 Å². The van der Waals surface area contributed by atoms with Crippen molar-refractivity contribution in [3.8, 4) is 0 Å². The third kappa shape index (κ3) is 4.21. The molecule has 0 radical (unpaired) electrons. The molecule has 154 valence electrons. The molecule has 2 amide bonds. The van der Waals surface area contributed by atoms with Crippen molar-refractivity contribution < 1.29 is 9.59 Å². The lowest BCUT2D eigenvalue weighted by Gasteiger charge is -2.30. The highest BCUT2D eigenvalue weighted by Gasteiger charge is 2.31. The molecule has 0 aliphatic carbocycles. The molecule has 29 heavy (non-hydrogen) atoms. The van der Waals surface area contributed by atoms with Crippen LogP contribution in [0.4, 0.5) is 0 Å². The fourth-order valence-electron chi connectivity index (χ4n) is 4.49. The van der Waals surface area contributed by atoms with Gasteiger partial charge in [0.2, 0.25) is 0 Å². The molecule has 0 spiro atoms. The van der Waals surface area contributed by atoms with Crippen LogP contribution in [0.25, 0.3) is 0 Å². The summed E-state index contributed by atoms with van der Waals surface area (Å²) >= 11 is 0. The van der Waals surface area contributed by atoms with Crippen molar-refractivity contribution in [2.45, 2.75) is 59.0 Å². The van der Waals surface area contributed by atoms with Crippen molar-refractivity contribution in [3.05, 3.63) is 52.6 Å². The number of hydrogen-bond acceptors (Lipinski definition) is 3. The van der Waals surface area contributed by atoms with Crippen molar-refractivity contribution in [2.24, 2.45) is 5.92 Å².